The Morgan fingerprint density at radius 2 is 2.50 bits per heavy atom. The number of nitrogens with zero attached hydrogens (tertiary/aromatic N) is 2. The zero-order chi connectivity index (χ0) is 5.11. The van der Waals surface area contributed by atoms with Crippen molar-refractivity contribution in [2.75, 3.05) is 0 Å². The predicted octanol–water partition coefficient (Wildman–Crippen LogP) is 1.23. The summed E-state index contributed by atoms with van der Waals surface area (Å²) < 4.78 is 4.63. The van der Waals surface area contributed by atoms with E-state index in [1.807, 2.05) is 0 Å². The van der Waals surface area contributed by atoms with Crippen molar-refractivity contribution >= 4 is 24.0 Å². The molecule has 1 aromatic heterocycles. The van der Waals surface area contributed by atoms with Crippen LogP contribution in [0.25, 0.3) is 0 Å². The second-order valence-corrected chi connectivity index (χ2v) is 1.23. The molecule has 3 nitrogen and oxygen atoms in total. The first-order valence-electron chi connectivity index (χ1n) is 1.74. The highest BCUT2D eigenvalue weighted by atomic mass is 35.5. The SMILES string of the molecule is Cl.ClCc1nnco1. The lowest BCUT2D eigenvalue weighted by atomic mass is 10.8. The first-order valence-corrected chi connectivity index (χ1v) is 2.28. The third-order valence-corrected chi connectivity index (χ3v) is 0.748. The van der Waals surface area contributed by atoms with Gasteiger partial charge in [0.2, 0.25) is 12.3 Å². The summed E-state index contributed by atoms with van der Waals surface area (Å²) in [5.41, 5.74) is 0. The molecule has 1 rings (SSSR count). The minimum atomic E-state index is 0. The van der Waals surface area contributed by atoms with E-state index in [0.29, 0.717) is 11.8 Å². The van der Waals surface area contributed by atoms with E-state index in [-0.39, 0.29) is 12.4 Å². The van der Waals surface area contributed by atoms with Gasteiger partial charge in [-0.05, 0) is 0 Å². The zero-order valence-corrected chi connectivity index (χ0v) is 5.45. The Hall–Kier alpha value is -0.280. The Morgan fingerprint density at radius 3 is 2.75 bits per heavy atom. The van der Waals surface area contributed by atoms with Gasteiger partial charge >= 0.3 is 0 Å². The molecule has 0 aliphatic carbocycles. The van der Waals surface area contributed by atoms with E-state index in [1.54, 1.807) is 0 Å². The molecule has 46 valence electrons. The summed E-state index contributed by atoms with van der Waals surface area (Å²) in [7, 11) is 0. The van der Waals surface area contributed by atoms with Crippen molar-refractivity contribution in [1.82, 2.24) is 10.2 Å². The molecule has 0 aliphatic rings. The van der Waals surface area contributed by atoms with E-state index >= 15 is 0 Å². The number of alkyl halides is 1. The van der Waals surface area contributed by atoms with E-state index in [9.17, 15) is 0 Å². The smallest absolute Gasteiger partial charge is 0.230 e. The van der Waals surface area contributed by atoms with Crippen molar-refractivity contribution in [2.24, 2.45) is 0 Å². The highest BCUT2D eigenvalue weighted by Crippen LogP contribution is 1.94. The van der Waals surface area contributed by atoms with Crippen LogP contribution in [0.3, 0.4) is 0 Å². The Bertz CT molecular complexity index is 130. The van der Waals surface area contributed by atoms with Gasteiger partial charge in [-0.25, -0.2) is 0 Å². The number of aromatic nitrogens is 2. The molecular formula is C3H4Cl2N2O. The molecule has 0 amide bonds. The van der Waals surface area contributed by atoms with E-state index < -0.39 is 0 Å². The second-order valence-electron chi connectivity index (χ2n) is 0.966. The molecule has 1 heterocycles. The number of rotatable bonds is 1. The first kappa shape index (κ1) is 7.72. The van der Waals surface area contributed by atoms with E-state index in [4.69, 9.17) is 11.6 Å². The lowest BCUT2D eigenvalue weighted by molar-refractivity contribution is 0.513. The maximum Gasteiger partial charge on any atom is 0.230 e. The van der Waals surface area contributed by atoms with Gasteiger partial charge in [0.05, 0.1) is 0 Å². The monoisotopic (exact) mass is 154 g/mol. The minimum absolute atomic E-state index is 0. The van der Waals surface area contributed by atoms with E-state index in [0.717, 1.165) is 0 Å². The van der Waals surface area contributed by atoms with Crippen molar-refractivity contribution in [3.8, 4) is 0 Å². The lowest BCUT2D eigenvalue weighted by Crippen LogP contribution is -1.73. The van der Waals surface area contributed by atoms with Crippen molar-refractivity contribution in [3.63, 3.8) is 0 Å². The van der Waals surface area contributed by atoms with Crippen LogP contribution >= 0.6 is 24.0 Å². The van der Waals surface area contributed by atoms with Gasteiger partial charge in [-0.1, -0.05) is 0 Å². The maximum absolute atomic E-state index is 5.27. The van der Waals surface area contributed by atoms with Crippen molar-refractivity contribution in [3.05, 3.63) is 12.3 Å². The average Bonchev–Trinajstić information content (AvgIpc) is 2.14. The molecule has 0 saturated carbocycles. The molecule has 0 bridgehead atoms. The minimum Gasteiger partial charge on any atom is -0.427 e. The van der Waals surface area contributed by atoms with Crippen LogP contribution in [0, 0.1) is 0 Å². The van der Waals surface area contributed by atoms with Gasteiger partial charge in [0.25, 0.3) is 0 Å². The van der Waals surface area contributed by atoms with Crippen LogP contribution in [0.15, 0.2) is 10.8 Å². The Balaban J connectivity index is 0.000000490. The maximum atomic E-state index is 5.27. The number of hydrogen-bond acceptors (Lipinski definition) is 3. The molecule has 0 atom stereocenters. The van der Waals surface area contributed by atoms with Crippen molar-refractivity contribution in [1.29, 1.82) is 0 Å². The number of hydrogen-bond donors (Lipinski definition) is 0. The van der Waals surface area contributed by atoms with Crippen LogP contribution < -0.4 is 0 Å². The largest absolute Gasteiger partial charge is 0.427 e. The molecule has 8 heavy (non-hydrogen) atoms. The van der Waals surface area contributed by atoms with Gasteiger partial charge in [-0.2, -0.15) is 0 Å². The fourth-order valence-corrected chi connectivity index (χ4v) is 0.371. The second kappa shape index (κ2) is 3.69. The van der Waals surface area contributed by atoms with Crippen LogP contribution in [-0.2, 0) is 5.88 Å². The highest BCUT2D eigenvalue weighted by Gasteiger charge is 1.89. The molecule has 5 heteroatoms. The topological polar surface area (TPSA) is 38.9 Å². The predicted molar refractivity (Wildman–Crippen MR) is 31.1 cm³/mol. The fourth-order valence-electron chi connectivity index (χ4n) is 0.254. The van der Waals surface area contributed by atoms with Gasteiger partial charge in [0.1, 0.15) is 5.88 Å². The van der Waals surface area contributed by atoms with Crippen LogP contribution in [0.2, 0.25) is 0 Å². The number of halogens is 2. The summed E-state index contributed by atoms with van der Waals surface area (Å²) in [6.45, 7) is 0. The molecule has 0 aromatic carbocycles. The molecule has 0 aliphatic heterocycles. The Kier molecular flexibility index (Phi) is 3.56. The summed E-state index contributed by atoms with van der Waals surface area (Å²) in [6, 6.07) is 0. The van der Waals surface area contributed by atoms with Gasteiger partial charge in [0.15, 0.2) is 0 Å². The standard InChI is InChI=1S/C3H3ClN2O.ClH/c4-1-3-6-5-2-7-3;/h2H,1H2;1H. The van der Waals surface area contributed by atoms with E-state index in [1.165, 1.54) is 6.39 Å². The van der Waals surface area contributed by atoms with Gasteiger partial charge in [-0.15, -0.1) is 34.2 Å². The molecule has 0 spiro atoms. The third-order valence-electron chi connectivity index (χ3n) is 0.519. The van der Waals surface area contributed by atoms with Crippen LogP contribution in [-0.4, -0.2) is 10.2 Å². The molecular weight excluding hydrogens is 151 g/mol. The summed E-state index contributed by atoms with van der Waals surface area (Å²) in [5, 5.41) is 6.88. The summed E-state index contributed by atoms with van der Waals surface area (Å²) in [5.74, 6) is 0.752. The summed E-state index contributed by atoms with van der Waals surface area (Å²) >= 11 is 5.27. The Labute approximate surface area is 57.5 Å². The van der Waals surface area contributed by atoms with Gasteiger partial charge < -0.3 is 4.42 Å². The van der Waals surface area contributed by atoms with Crippen LogP contribution in [0.4, 0.5) is 0 Å². The molecule has 0 unspecified atom stereocenters. The van der Waals surface area contributed by atoms with Crippen LogP contribution in [0.5, 0.6) is 0 Å². The highest BCUT2D eigenvalue weighted by molar-refractivity contribution is 6.16. The third kappa shape index (κ3) is 1.68. The molecule has 0 radical (unpaired) electrons. The van der Waals surface area contributed by atoms with Crippen molar-refractivity contribution in [2.45, 2.75) is 5.88 Å². The molecule has 0 saturated heterocycles. The normalized spacial score (nSPS) is 8.12. The molecule has 0 fully saturated rings. The van der Waals surface area contributed by atoms with Gasteiger partial charge in [0, 0.05) is 0 Å². The van der Waals surface area contributed by atoms with E-state index in [2.05, 4.69) is 14.6 Å². The molecule has 0 N–H and O–H groups in total. The van der Waals surface area contributed by atoms with Crippen molar-refractivity contribution < 1.29 is 4.42 Å². The fraction of sp³-hybridized carbons (Fsp3) is 0.333. The first-order chi connectivity index (χ1) is 3.43. The summed E-state index contributed by atoms with van der Waals surface area (Å²) in [6.07, 6.45) is 1.25. The van der Waals surface area contributed by atoms with Gasteiger partial charge in [-0.3, -0.25) is 0 Å². The van der Waals surface area contributed by atoms with Crippen LogP contribution in [0.1, 0.15) is 5.89 Å². The lowest BCUT2D eigenvalue weighted by Gasteiger charge is -1.73. The zero-order valence-electron chi connectivity index (χ0n) is 3.87. The Morgan fingerprint density at radius 1 is 1.75 bits per heavy atom. The average molecular weight is 155 g/mol. The quantitative estimate of drug-likeness (QED) is 0.572. The molecule has 1 aromatic rings. The summed E-state index contributed by atoms with van der Waals surface area (Å²) in [4.78, 5) is 0.